The molecule has 2 N–H and O–H groups in total. The van der Waals surface area contributed by atoms with E-state index >= 15 is 0 Å². The van der Waals surface area contributed by atoms with Crippen molar-refractivity contribution < 1.29 is 53.8 Å². The first-order valence-electron chi connectivity index (χ1n) is 8.17. The van der Waals surface area contributed by atoms with E-state index in [0.717, 1.165) is 12.8 Å². The molecule has 0 aromatic carbocycles. The zero-order chi connectivity index (χ0) is 16.8. The normalized spacial score (nSPS) is 11.4. The van der Waals surface area contributed by atoms with Crippen molar-refractivity contribution >= 4 is 17.9 Å². The molecule has 0 aliphatic heterocycles. The van der Waals surface area contributed by atoms with Gasteiger partial charge in [0.15, 0.2) is 0 Å². The van der Waals surface area contributed by atoms with Crippen LogP contribution in [0.4, 0.5) is 0 Å². The molecule has 0 rings (SSSR count). The summed E-state index contributed by atoms with van der Waals surface area (Å²) in [6, 6.07) is -1.21. The molecule has 6 nitrogen and oxygen atoms in total. The number of unbranched alkanes of at least 4 members (excludes halogenated alkanes) is 7. The molecule has 0 aliphatic carbocycles. The minimum absolute atomic E-state index is 0. The molecular formula is C16H28NNaO5. The first kappa shape index (κ1) is 24.8. The SMILES string of the molecule is CCCCCCCCCCC(=O)OC(=O)CC[C@H](N)C(=O)[O-].[Na+]. The Bertz CT molecular complexity index is 349. The Morgan fingerprint density at radius 1 is 0.913 bits per heavy atom. The van der Waals surface area contributed by atoms with Crippen molar-refractivity contribution in [1.82, 2.24) is 0 Å². The van der Waals surface area contributed by atoms with Crippen LogP contribution in [0.15, 0.2) is 0 Å². The van der Waals surface area contributed by atoms with Crippen molar-refractivity contribution in [3.63, 3.8) is 0 Å². The monoisotopic (exact) mass is 337 g/mol. The predicted molar refractivity (Wildman–Crippen MR) is 80.5 cm³/mol. The van der Waals surface area contributed by atoms with Crippen LogP contribution in [0, 0.1) is 0 Å². The molecule has 0 saturated heterocycles. The van der Waals surface area contributed by atoms with Gasteiger partial charge in [-0.1, -0.05) is 51.9 Å². The van der Waals surface area contributed by atoms with E-state index in [1.807, 2.05) is 0 Å². The van der Waals surface area contributed by atoms with Crippen LogP contribution in [0.3, 0.4) is 0 Å². The first-order chi connectivity index (χ1) is 10.5. The fourth-order valence-corrected chi connectivity index (χ4v) is 2.02. The van der Waals surface area contributed by atoms with Gasteiger partial charge in [-0.25, -0.2) is 0 Å². The van der Waals surface area contributed by atoms with Gasteiger partial charge >= 0.3 is 41.5 Å². The van der Waals surface area contributed by atoms with E-state index in [1.165, 1.54) is 32.1 Å². The van der Waals surface area contributed by atoms with Crippen LogP contribution in [-0.4, -0.2) is 23.9 Å². The fraction of sp³-hybridized carbons (Fsp3) is 0.812. The van der Waals surface area contributed by atoms with E-state index < -0.39 is 23.9 Å². The van der Waals surface area contributed by atoms with Gasteiger partial charge in [-0.3, -0.25) is 9.59 Å². The zero-order valence-electron chi connectivity index (χ0n) is 14.5. The maximum atomic E-state index is 11.4. The average Bonchev–Trinajstić information content (AvgIpc) is 2.47. The quantitative estimate of drug-likeness (QED) is 0.189. The van der Waals surface area contributed by atoms with E-state index in [1.54, 1.807) is 0 Å². The van der Waals surface area contributed by atoms with Crippen molar-refractivity contribution in [2.24, 2.45) is 5.73 Å². The van der Waals surface area contributed by atoms with Gasteiger partial charge < -0.3 is 20.4 Å². The summed E-state index contributed by atoms with van der Waals surface area (Å²) in [5.74, 6) is -2.71. The summed E-state index contributed by atoms with van der Waals surface area (Å²) in [6.45, 7) is 2.18. The topological polar surface area (TPSA) is 110 Å². The Labute approximate surface area is 160 Å². The van der Waals surface area contributed by atoms with E-state index in [0.29, 0.717) is 6.42 Å². The largest absolute Gasteiger partial charge is 1.00 e. The first-order valence-corrected chi connectivity index (χ1v) is 8.17. The molecule has 7 heteroatoms. The summed E-state index contributed by atoms with van der Waals surface area (Å²) in [6.07, 6.45) is 8.85. The number of nitrogens with two attached hydrogens (primary N) is 1. The number of esters is 2. The van der Waals surface area contributed by atoms with E-state index in [2.05, 4.69) is 11.7 Å². The third-order valence-electron chi connectivity index (χ3n) is 3.42. The molecule has 128 valence electrons. The molecule has 0 unspecified atom stereocenters. The molecule has 0 radical (unpaired) electrons. The van der Waals surface area contributed by atoms with E-state index in [9.17, 15) is 19.5 Å². The molecule has 0 aromatic heterocycles. The number of carbonyl (C=O) groups is 3. The number of aliphatic carboxylic acids is 1. The second kappa shape index (κ2) is 16.4. The minimum atomic E-state index is -1.42. The smallest absolute Gasteiger partial charge is 0.548 e. The second-order valence-electron chi connectivity index (χ2n) is 5.54. The maximum Gasteiger partial charge on any atom is 1.00 e. The summed E-state index contributed by atoms with van der Waals surface area (Å²) < 4.78 is 4.59. The molecule has 0 heterocycles. The predicted octanol–water partition coefficient (Wildman–Crippen LogP) is -1.55. The van der Waals surface area contributed by atoms with Gasteiger partial charge in [0.25, 0.3) is 0 Å². The molecule has 0 fully saturated rings. The Morgan fingerprint density at radius 3 is 1.91 bits per heavy atom. The van der Waals surface area contributed by atoms with Crippen LogP contribution < -0.4 is 40.4 Å². The number of rotatable bonds is 13. The van der Waals surface area contributed by atoms with Crippen LogP contribution in [0.25, 0.3) is 0 Å². The number of hydrogen-bond acceptors (Lipinski definition) is 6. The molecule has 0 amide bonds. The molecule has 0 aliphatic rings. The van der Waals surface area contributed by atoms with Crippen molar-refractivity contribution in [2.75, 3.05) is 0 Å². The summed E-state index contributed by atoms with van der Waals surface area (Å²) >= 11 is 0. The molecule has 0 spiro atoms. The molecule has 23 heavy (non-hydrogen) atoms. The molecular weight excluding hydrogens is 309 g/mol. The standard InChI is InChI=1S/C16H29NO5.Na/c1-2-3-4-5-6-7-8-9-10-14(18)22-15(19)12-11-13(17)16(20)21;/h13H,2-12,17H2,1H3,(H,20,21);/q;+1/p-1/t13-;/m0./s1. The van der Waals surface area contributed by atoms with E-state index in [-0.39, 0.29) is 48.8 Å². The number of hydrogen-bond donors (Lipinski definition) is 1. The van der Waals surface area contributed by atoms with E-state index in [4.69, 9.17) is 5.73 Å². The third-order valence-corrected chi connectivity index (χ3v) is 3.42. The number of ether oxygens (including phenoxy) is 1. The summed E-state index contributed by atoms with van der Waals surface area (Å²) in [5, 5.41) is 10.4. The molecule has 0 aromatic rings. The zero-order valence-corrected chi connectivity index (χ0v) is 16.5. The summed E-state index contributed by atoms with van der Waals surface area (Å²) in [4.78, 5) is 33.1. The fourth-order valence-electron chi connectivity index (χ4n) is 2.02. The van der Waals surface area contributed by atoms with Gasteiger partial charge in [0, 0.05) is 18.9 Å². The number of carbonyl (C=O) groups excluding carboxylic acids is 3. The Kier molecular flexibility index (Phi) is 17.7. The molecule has 0 saturated carbocycles. The molecule has 0 bridgehead atoms. The Hall–Kier alpha value is -0.430. The molecule has 1 atom stereocenters. The van der Waals surface area contributed by atoms with Gasteiger partial charge in [-0.15, -0.1) is 0 Å². The minimum Gasteiger partial charge on any atom is -0.548 e. The van der Waals surface area contributed by atoms with Crippen molar-refractivity contribution in [1.29, 1.82) is 0 Å². The number of carboxylic acids is 1. The van der Waals surface area contributed by atoms with Gasteiger partial charge in [0.2, 0.25) is 0 Å². The van der Waals surface area contributed by atoms with Crippen molar-refractivity contribution in [2.45, 2.75) is 83.6 Å². The van der Waals surface area contributed by atoms with Crippen LogP contribution in [-0.2, 0) is 19.1 Å². The summed E-state index contributed by atoms with van der Waals surface area (Å²) in [5.41, 5.74) is 5.20. The average molecular weight is 337 g/mol. The summed E-state index contributed by atoms with van der Waals surface area (Å²) in [7, 11) is 0. The van der Waals surface area contributed by atoms with Crippen LogP contribution in [0.1, 0.15) is 77.6 Å². The van der Waals surface area contributed by atoms with Gasteiger partial charge in [-0.05, 0) is 12.8 Å². The third kappa shape index (κ3) is 16.2. The Balaban J connectivity index is 0. The maximum absolute atomic E-state index is 11.4. The van der Waals surface area contributed by atoms with Gasteiger partial charge in [0.05, 0.1) is 5.97 Å². The number of carboxylic acid groups (broad SMARTS) is 1. The van der Waals surface area contributed by atoms with Crippen LogP contribution in [0.5, 0.6) is 0 Å². The van der Waals surface area contributed by atoms with Crippen molar-refractivity contribution in [3.8, 4) is 0 Å². The van der Waals surface area contributed by atoms with Crippen LogP contribution in [0.2, 0.25) is 0 Å². The van der Waals surface area contributed by atoms with Crippen molar-refractivity contribution in [3.05, 3.63) is 0 Å². The van der Waals surface area contributed by atoms with Crippen LogP contribution >= 0.6 is 0 Å². The van der Waals surface area contributed by atoms with Gasteiger partial charge in [-0.2, -0.15) is 0 Å². The Morgan fingerprint density at radius 2 is 1.39 bits per heavy atom. The second-order valence-corrected chi connectivity index (χ2v) is 5.54. The van der Waals surface area contributed by atoms with Gasteiger partial charge in [0.1, 0.15) is 0 Å².